The molecular formula is C12H20F6O. The van der Waals surface area contributed by atoms with Crippen LogP contribution in [0.15, 0.2) is 0 Å². The highest BCUT2D eigenvalue weighted by Crippen LogP contribution is 2.56. The lowest BCUT2D eigenvalue weighted by molar-refractivity contribution is -0.348. The van der Waals surface area contributed by atoms with Crippen LogP contribution in [0.2, 0.25) is 0 Å². The van der Waals surface area contributed by atoms with Gasteiger partial charge in [0, 0.05) is 13.7 Å². The summed E-state index contributed by atoms with van der Waals surface area (Å²) in [6.07, 6.45) is -12.9. The van der Waals surface area contributed by atoms with Crippen LogP contribution < -0.4 is 0 Å². The van der Waals surface area contributed by atoms with Crippen molar-refractivity contribution in [3.8, 4) is 0 Å². The largest absolute Gasteiger partial charge is 0.403 e. The SMILES string of the molecule is COCCC(CCC(C)(C)C)(C(F)(F)F)C(F)(F)F. The number of hydrogen-bond acceptors (Lipinski definition) is 1. The first kappa shape index (κ1) is 18.5. The Bertz CT molecular complexity index is 259. The Morgan fingerprint density at radius 1 is 0.737 bits per heavy atom. The number of rotatable bonds is 5. The minimum absolute atomic E-state index is 0.171. The fourth-order valence-electron chi connectivity index (χ4n) is 1.72. The van der Waals surface area contributed by atoms with Crippen molar-refractivity contribution in [1.82, 2.24) is 0 Å². The van der Waals surface area contributed by atoms with Crippen LogP contribution in [0.5, 0.6) is 0 Å². The number of halogens is 6. The van der Waals surface area contributed by atoms with E-state index < -0.39 is 42.6 Å². The fraction of sp³-hybridized carbons (Fsp3) is 1.00. The number of methoxy groups -OCH3 is 1. The highest BCUT2D eigenvalue weighted by atomic mass is 19.4. The molecule has 19 heavy (non-hydrogen) atoms. The molecule has 0 radical (unpaired) electrons. The first-order valence-electron chi connectivity index (χ1n) is 5.89. The molecule has 116 valence electrons. The van der Waals surface area contributed by atoms with E-state index in [1.807, 2.05) is 0 Å². The average Bonchev–Trinajstić information content (AvgIpc) is 2.12. The lowest BCUT2D eigenvalue weighted by Crippen LogP contribution is -2.51. The molecule has 0 bridgehead atoms. The Kier molecular flexibility index (Phi) is 5.75. The van der Waals surface area contributed by atoms with Crippen LogP contribution in [0, 0.1) is 10.8 Å². The summed E-state index contributed by atoms with van der Waals surface area (Å²) < 4.78 is 82.4. The van der Waals surface area contributed by atoms with Gasteiger partial charge < -0.3 is 4.74 Å². The topological polar surface area (TPSA) is 9.23 Å². The molecule has 0 amide bonds. The third-order valence-corrected chi connectivity index (χ3v) is 3.12. The standard InChI is InChI=1S/C12H20F6O/c1-9(2,3)5-6-10(7-8-19-4,11(13,14)15)12(16,17)18/h5-8H2,1-4H3. The van der Waals surface area contributed by atoms with E-state index in [0.29, 0.717) is 0 Å². The van der Waals surface area contributed by atoms with Gasteiger partial charge in [0.05, 0.1) is 0 Å². The van der Waals surface area contributed by atoms with Gasteiger partial charge >= 0.3 is 12.4 Å². The van der Waals surface area contributed by atoms with Gasteiger partial charge in [0.2, 0.25) is 0 Å². The molecule has 0 fully saturated rings. The van der Waals surface area contributed by atoms with Crippen LogP contribution in [0.4, 0.5) is 26.3 Å². The summed E-state index contributed by atoms with van der Waals surface area (Å²) >= 11 is 0. The Morgan fingerprint density at radius 2 is 1.16 bits per heavy atom. The second-order valence-electron chi connectivity index (χ2n) is 5.88. The molecule has 0 aliphatic rings. The number of ether oxygens (including phenoxy) is 1. The second kappa shape index (κ2) is 5.89. The Hall–Kier alpha value is -0.460. The van der Waals surface area contributed by atoms with E-state index in [-0.39, 0.29) is 6.42 Å². The van der Waals surface area contributed by atoms with E-state index >= 15 is 0 Å². The van der Waals surface area contributed by atoms with E-state index in [4.69, 9.17) is 0 Å². The maximum Gasteiger partial charge on any atom is 0.403 e. The molecule has 1 nitrogen and oxygen atoms in total. The fourth-order valence-corrected chi connectivity index (χ4v) is 1.72. The van der Waals surface area contributed by atoms with E-state index in [1.165, 1.54) is 0 Å². The summed E-state index contributed by atoms with van der Waals surface area (Å²) in [6, 6.07) is 0. The maximum atomic E-state index is 13.0. The molecule has 0 aromatic rings. The predicted octanol–water partition coefficient (Wildman–Crippen LogP) is 4.96. The van der Waals surface area contributed by atoms with E-state index in [1.54, 1.807) is 20.8 Å². The van der Waals surface area contributed by atoms with Gasteiger partial charge in [-0.15, -0.1) is 0 Å². The number of hydrogen-bond donors (Lipinski definition) is 0. The van der Waals surface area contributed by atoms with Gasteiger partial charge in [-0.1, -0.05) is 20.8 Å². The zero-order valence-electron chi connectivity index (χ0n) is 11.5. The molecule has 7 heteroatoms. The van der Waals surface area contributed by atoms with Crippen molar-refractivity contribution in [3.63, 3.8) is 0 Å². The molecule has 0 spiro atoms. The average molecular weight is 294 g/mol. The van der Waals surface area contributed by atoms with Gasteiger partial charge in [0.1, 0.15) is 0 Å². The quantitative estimate of drug-likeness (QED) is 0.651. The minimum atomic E-state index is -5.34. The van der Waals surface area contributed by atoms with Crippen LogP contribution >= 0.6 is 0 Å². The molecule has 0 unspecified atom stereocenters. The predicted molar refractivity (Wildman–Crippen MR) is 59.7 cm³/mol. The smallest absolute Gasteiger partial charge is 0.385 e. The normalized spacial score (nSPS) is 14.8. The van der Waals surface area contributed by atoms with Crippen molar-refractivity contribution < 1.29 is 31.1 Å². The van der Waals surface area contributed by atoms with Crippen molar-refractivity contribution in [2.24, 2.45) is 10.8 Å². The van der Waals surface area contributed by atoms with Crippen LogP contribution in [-0.4, -0.2) is 26.1 Å². The second-order valence-corrected chi connectivity index (χ2v) is 5.88. The molecular weight excluding hydrogens is 274 g/mol. The maximum absolute atomic E-state index is 13.0. The third-order valence-electron chi connectivity index (χ3n) is 3.12. The highest BCUT2D eigenvalue weighted by molar-refractivity contribution is 4.94. The zero-order chi connectivity index (χ0) is 15.5. The molecule has 0 N–H and O–H groups in total. The summed E-state index contributed by atoms with van der Waals surface area (Å²) in [7, 11) is 1.08. The van der Waals surface area contributed by atoms with Crippen LogP contribution in [-0.2, 0) is 4.74 Å². The Labute approximate surface area is 109 Å². The van der Waals surface area contributed by atoms with Crippen molar-refractivity contribution in [1.29, 1.82) is 0 Å². The van der Waals surface area contributed by atoms with Crippen molar-refractivity contribution >= 4 is 0 Å². The molecule has 0 aliphatic heterocycles. The molecule has 0 heterocycles. The molecule has 0 saturated carbocycles. The summed E-state index contributed by atoms with van der Waals surface area (Å²) in [4.78, 5) is 0. The van der Waals surface area contributed by atoms with Gasteiger partial charge in [0.15, 0.2) is 5.41 Å². The molecule has 0 aromatic heterocycles. The minimum Gasteiger partial charge on any atom is -0.385 e. The third kappa shape index (κ3) is 4.85. The number of alkyl halides is 6. The van der Waals surface area contributed by atoms with Crippen molar-refractivity contribution in [3.05, 3.63) is 0 Å². The molecule has 0 aromatic carbocycles. The molecule has 0 rings (SSSR count). The summed E-state index contributed by atoms with van der Waals surface area (Å²) in [5.41, 5.74) is -4.29. The van der Waals surface area contributed by atoms with Gasteiger partial charge in [-0.25, -0.2) is 0 Å². The van der Waals surface area contributed by atoms with E-state index in [0.717, 1.165) is 7.11 Å². The van der Waals surface area contributed by atoms with E-state index in [9.17, 15) is 26.3 Å². The van der Waals surface area contributed by atoms with Gasteiger partial charge in [-0.3, -0.25) is 0 Å². The first-order chi connectivity index (χ1) is 8.27. The van der Waals surface area contributed by atoms with E-state index in [2.05, 4.69) is 4.74 Å². The van der Waals surface area contributed by atoms with Crippen molar-refractivity contribution in [2.75, 3.05) is 13.7 Å². The van der Waals surface area contributed by atoms with Gasteiger partial charge in [0.25, 0.3) is 0 Å². The summed E-state index contributed by atoms with van der Waals surface area (Å²) in [5.74, 6) is 0. The Balaban J connectivity index is 5.39. The molecule has 0 atom stereocenters. The van der Waals surface area contributed by atoms with Gasteiger partial charge in [-0.05, 0) is 24.7 Å². The summed E-state index contributed by atoms with van der Waals surface area (Å²) in [5, 5.41) is 0. The van der Waals surface area contributed by atoms with Crippen molar-refractivity contribution in [2.45, 2.75) is 52.4 Å². The highest BCUT2D eigenvalue weighted by Gasteiger charge is 2.69. The molecule has 0 saturated heterocycles. The first-order valence-corrected chi connectivity index (χ1v) is 5.89. The zero-order valence-corrected chi connectivity index (χ0v) is 11.5. The summed E-state index contributed by atoms with van der Waals surface area (Å²) in [6.45, 7) is 4.26. The van der Waals surface area contributed by atoms with Gasteiger partial charge in [-0.2, -0.15) is 26.3 Å². The van der Waals surface area contributed by atoms with Crippen LogP contribution in [0.25, 0.3) is 0 Å². The van der Waals surface area contributed by atoms with Crippen LogP contribution in [0.1, 0.15) is 40.0 Å². The lowest BCUT2D eigenvalue weighted by atomic mass is 9.74. The Morgan fingerprint density at radius 3 is 1.42 bits per heavy atom. The molecule has 0 aliphatic carbocycles. The van der Waals surface area contributed by atoms with Crippen LogP contribution in [0.3, 0.4) is 0 Å². The monoisotopic (exact) mass is 294 g/mol. The lowest BCUT2D eigenvalue weighted by Gasteiger charge is -2.38.